The number of fused-ring (bicyclic) bond motifs is 1. The largest absolute Gasteiger partial charge is 0.418 e. The van der Waals surface area contributed by atoms with E-state index in [1.54, 1.807) is 0 Å². The number of aromatic nitrogens is 1. The van der Waals surface area contributed by atoms with Gasteiger partial charge in [-0.3, -0.25) is 14.7 Å². The molecule has 0 aliphatic carbocycles. The molecule has 2 saturated heterocycles. The molecule has 1 aromatic heterocycles. The molecule has 2 aliphatic rings. The van der Waals surface area contributed by atoms with Gasteiger partial charge in [-0.1, -0.05) is 0 Å². The number of rotatable bonds is 4. The van der Waals surface area contributed by atoms with Gasteiger partial charge in [0.2, 0.25) is 5.91 Å². The maximum absolute atomic E-state index is 14.6. The minimum Gasteiger partial charge on any atom is -0.379 e. The Morgan fingerprint density at radius 3 is 2.69 bits per heavy atom. The molecule has 1 atom stereocenters. The van der Waals surface area contributed by atoms with Crippen LogP contribution in [-0.2, 0) is 15.7 Å². The van der Waals surface area contributed by atoms with E-state index >= 15 is 0 Å². The number of nitrogens with one attached hydrogen (secondary N) is 1. The summed E-state index contributed by atoms with van der Waals surface area (Å²) in [7, 11) is 0. The predicted octanol–water partition coefficient (Wildman–Crippen LogP) is 2.92. The van der Waals surface area contributed by atoms with Crippen LogP contribution in [0.4, 0.5) is 27.6 Å². The lowest BCUT2D eigenvalue weighted by Crippen LogP contribution is -2.56. The van der Waals surface area contributed by atoms with E-state index in [1.807, 2.05) is 4.90 Å². The molecule has 1 unspecified atom stereocenters. The van der Waals surface area contributed by atoms with E-state index in [4.69, 9.17) is 4.74 Å². The molecule has 6 nitrogen and oxygen atoms in total. The van der Waals surface area contributed by atoms with E-state index in [2.05, 4.69) is 10.3 Å². The first-order valence-corrected chi connectivity index (χ1v) is 10.3. The summed E-state index contributed by atoms with van der Waals surface area (Å²) in [6.07, 6.45) is -3.91. The van der Waals surface area contributed by atoms with Gasteiger partial charge in [0.15, 0.2) is 0 Å². The Balaban J connectivity index is 1.56. The molecule has 1 amide bonds. The molecule has 2 aliphatic heterocycles. The molecule has 174 valence electrons. The molecule has 0 radical (unpaired) electrons. The Bertz CT molecular complexity index is 978. The molecule has 0 bridgehead atoms. The number of benzene rings is 1. The summed E-state index contributed by atoms with van der Waals surface area (Å²) in [6, 6.07) is 4.12. The molecule has 0 saturated carbocycles. The fourth-order valence-electron chi connectivity index (χ4n) is 4.28. The number of amides is 1. The maximum Gasteiger partial charge on any atom is 0.418 e. The second-order valence-electron chi connectivity index (χ2n) is 8.12. The van der Waals surface area contributed by atoms with Crippen LogP contribution >= 0.6 is 0 Å². The predicted molar refractivity (Wildman–Crippen MR) is 108 cm³/mol. The number of hydrogen-bond donors (Lipinski definition) is 1. The molecule has 0 spiro atoms. The summed E-state index contributed by atoms with van der Waals surface area (Å²) >= 11 is 0. The van der Waals surface area contributed by atoms with Gasteiger partial charge in [-0.15, -0.1) is 0 Å². The minimum atomic E-state index is -4.62. The average molecular weight is 458 g/mol. The van der Waals surface area contributed by atoms with Crippen molar-refractivity contribution in [3.05, 3.63) is 36.0 Å². The van der Waals surface area contributed by atoms with Crippen molar-refractivity contribution in [3.8, 4) is 0 Å². The zero-order chi connectivity index (χ0) is 22.9. The monoisotopic (exact) mass is 458 g/mol. The quantitative estimate of drug-likeness (QED) is 0.715. The number of halogens is 5. The van der Waals surface area contributed by atoms with Gasteiger partial charge in [-0.25, -0.2) is 8.78 Å². The maximum atomic E-state index is 14.6. The Hall–Kier alpha value is -2.53. The third kappa shape index (κ3) is 5.09. The summed E-state index contributed by atoms with van der Waals surface area (Å²) in [5, 5.41) is 2.80. The molecule has 32 heavy (non-hydrogen) atoms. The highest BCUT2D eigenvalue weighted by Gasteiger charge is 2.42. The molecular weight excluding hydrogens is 435 g/mol. The normalized spacial score (nSPS) is 22.2. The third-order valence-electron chi connectivity index (χ3n) is 5.64. The van der Waals surface area contributed by atoms with Crippen molar-refractivity contribution in [1.29, 1.82) is 0 Å². The van der Waals surface area contributed by atoms with Crippen LogP contribution in [-0.4, -0.2) is 73.7 Å². The fourth-order valence-corrected chi connectivity index (χ4v) is 4.28. The Kier molecular flexibility index (Phi) is 6.22. The van der Waals surface area contributed by atoms with Crippen molar-refractivity contribution >= 4 is 22.5 Å². The van der Waals surface area contributed by atoms with Crippen molar-refractivity contribution in [2.75, 3.05) is 50.8 Å². The third-order valence-corrected chi connectivity index (χ3v) is 5.64. The van der Waals surface area contributed by atoms with Crippen molar-refractivity contribution in [1.82, 2.24) is 15.2 Å². The number of morpholine rings is 1. The van der Waals surface area contributed by atoms with Crippen LogP contribution < -0.4 is 10.2 Å². The van der Waals surface area contributed by atoms with Crippen LogP contribution in [0.25, 0.3) is 10.9 Å². The number of anilines is 1. The van der Waals surface area contributed by atoms with E-state index < -0.39 is 36.7 Å². The van der Waals surface area contributed by atoms with Gasteiger partial charge >= 0.3 is 6.18 Å². The van der Waals surface area contributed by atoms with Crippen molar-refractivity contribution in [2.45, 2.75) is 24.6 Å². The van der Waals surface area contributed by atoms with Crippen LogP contribution in [0.3, 0.4) is 0 Å². The topological polar surface area (TPSA) is 57.7 Å². The van der Waals surface area contributed by atoms with Gasteiger partial charge in [0.1, 0.15) is 0 Å². The van der Waals surface area contributed by atoms with E-state index in [0.717, 1.165) is 6.07 Å². The first-order chi connectivity index (χ1) is 15.1. The number of piperidine rings is 1. The minimum absolute atomic E-state index is 0.0554. The number of alkyl halides is 5. The average Bonchev–Trinajstić information content (AvgIpc) is 2.71. The number of nitrogens with zero attached hydrogens (tertiary/aromatic N) is 3. The lowest BCUT2D eigenvalue weighted by atomic mass is 9.99. The number of carbonyl (C=O) groups excluding carboxylic acids is 1. The van der Waals surface area contributed by atoms with Crippen LogP contribution in [0.15, 0.2) is 30.5 Å². The summed E-state index contributed by atoms with van der Waals surface area (Å²) in [4.78, 5) is 19.5. The van der Waals surface area contributed by atoms with Crippen LogP contribution in [0, 0.1) is 0 Å². The van der Waals surface area contributed by atoms with Crippen molar-refractivity contribution in [2.24, 2.45) is 0 Å². The summed E-state index contributed by atoms with van der Waals surface area (Å²) in [6.45, 7) is 1.68. The van der Waals surface area contributed by atoms with E-state index in [1.165, 1.54) is 29.3 Å². The molecular formula is C21H23F5N4O2. The summed E-state index contributed by atoms with van der Waals surface area (Å²) < 4.78 is 74.5. The molecule has 11 heteroatoms. The van der Waals surface area contributed by atoms with Gasteiger partial charge < -0.3 is 15.0 Å². The standard InChI is InChI=1S/C21H23F5N4O2/c22-20(23)10-14(28-18(31)12-29-6-8-32-9-7-29)11-30(13-20)17-4-3-16(21(24,25)26)19-15(17)2-1-5-27-19/h1-5,14H,6-13H2,(H,28,31). The molecule has 2 fully saturated rings. The van der Waals surface area contributed by atoms with Gasteiger partial charge in [0.05, 0.1) is 43.4 Å². The zero-order valence-corrected chi connectivity index (χ0v) is 17.2. The molecule has 3 heterocycles. The van der Waals surface area contributed by atoms with E-state index in [-0.39, 0.29) is 35.6 Å². The Labute approximate surface area is 181 Å². The smallest absolute Gasteiger partial charge is 0.379 e. The van der Waals surface area contributed by atoms with Gasteiger partial charge in [0, 0.05) is 43.3 Å². The second kappa shape index (κ2) is 8.78. The highest BCUT2D eigenvalue weighted by Crippen LogP contribution is 2.39. The summed E-state index contributed by atoms with van der Waals surface area (Å²) in [5.41, 5.74) is -0.983. The zero-order valence-electron chi connectivity index (χ0n) is 17.2. The van der Waals surface area contributed by atoms with Gasteiger partial charge in [0.25, 0.3) is 5.92 Å². The highest BCUT2D eigenvalue weighted by molar-refractivity contribution is 5.94. The number of ether oxygens (including phenoxy) is 1. The van der Waals surface area contributed by atoms with Crippen molar-refractivity contribution in [3.63, 3.8) is 0 Å². The second-order valence-corrected chi connectivity index (χ2v) is 8.12. The fraction of sp³-hybridized carbons (Fsp3) is 0.524. The van der Waals surface area contributed by atoms with Gasteiger partial charge in [-0.2, -0.15) is 13.2 Å². The number of hydrogen-bond acceptors (Lipinski definition) is 5. The lowest BCUT2D eigenvalue weighted by Gasteiger charge is -2.40. The summed E-state index contributed by atoms with van der Waals surface area (Å²) in [5.74, 6) is -3.49. The van der Waals surface area contributed by atoms with Crippen LogP contribution in [0.5, 0.6) is 0 Å². The Morgan fingerprint density at radius 2 is 1.97 bits per heavy atom. The molecule has 1 aromatic carbocycles. The molecule has 1 N–H and O–H groups in total. The van der Waals surface area contributed by atoms with E-state index in [9.17, 15) is 26.7 Å². The van der Waals surface area contributed by atoms with Crippen molar-refractivity contribution < 1.29 is 31.5 Å². The SMILES string of the molecule is O=C(CN1CCOCC1)NC1CN(c2ccc(C(F)(F)F)c3ncccc23)CC(F)(F)C1. The first kappa shape index (κ1) is 22.7. The van der Waals surface area contributed by atoms with Gasteiger partial charge in [-0.05, 0) is 24.3 Å². The Morgan fingerprint density at radius 1 is 1.22 bits per heavy atom. The molecule has 2 aromatic rings. The highest BCUT2D eigenvalue weighted by atomic mass is 19.4. The number of pyridine rings is 1. The van der Waals surface area contributed by atoms with Crippen LogP contribution in [0.2, 0.25) is 0 Å². The lowest BCUT2D eigenvalue weighted by molar-refractivity contribution is -0.136. The van der Waals surface area contributed by atoms with E-state index in [0.29, 0.717) is 26.3 Å². The van der Waals surface area contributed by atoms with Crippen LogP contribution in [0.1, 0.15) is 12.0 Å². The number of carbonyl (C=O) groups is 1. The molecule has 4 rings (SSSR count). The first-order valence-electron chi connectivity index (χ1n) is 10.3.